The van der Waals surface area contributed by atoms with Crippen LogP contribution in [0.3, 0.4) is 0 Å². The van der Waals surface area contributed by atoms with Crippen molar-refractivity contribution in [3.05, 3.63) is 34.1 Å². The molecule has 18 heavy (non-hydrogen) atoms. The second kappa shape index (κ2) is 4.63. The fraction of sp³-hybridized carbons (Fsp3) is 0.462. The summed E-state index contributed by atoms with van der Waals surface area (Å²) < 4.78 is 14.2. The first-order chi connectivity index (χ1) is 8.32. The van der Waals surface area contributed by atoms with Crippen LogP contribution in [-0.4, -0.2) is 23.2 Å². The van der Waals surface area contributed by atoms with Gasteiger partial charge in [-0.2, -0.15) is 0 Å². The van der Waals surface area contributed by atoms with E-state index in [0.717, 1.165) is 0 Å². The normalized spacial score (nSPS) is 25.4. The lowest BCUT2D eigenvalue weighted by molar-refractivity contribution is -0.0689. The number of hydrogen-bond donors (Lipinski definition) is 2. The molecule has 1 amide bonds. The van der Waals surface area contributed by atoms with Gasteiger partial charge < -0.3 is 10.4 Å². The van der Waals surface area contributed by atoms with Crippen molar-refractivity contribution < 1.29 is 14.3 Å². The Morgan fingerprint density at radius 1 is 1.56 bits per heavy atom. The minimum absolute atomic E-state index is 0.0153. The van der Waals surface area contributed by atoms with Crippen LogP contribution in [0.5, 0.6) is 0 Å². The predicted molar refractivity (Wildman–Crippen MR) is 69.8 cm³/mol. The van der Waals surface area contributed by atoms with Crippen molar-refractivity contribution in [3.8, 4) is 0 Å². The molecule has 1 aliphatic carbocycles. The quantitative estimate of drug-likeness (QED) is 0.881. The Kier molecular flexibility index (Phi) is 3.47. The number of amides is 1. The summed E-state index contributed by atoms with van der Waals surface area (Å²) in [7, 11) is 0. The molecule has 98 valence electrons. The van der Waals surface area contributed by atoms with Gasteiger partial charge in [0.15, 0.2) is 0 Å². The van der Waals surface area contributed by atoms with Gasteiger partial charge in [-0.25, -0.2) is 4.39 Å². The maximum atomic E-state index is 13.5. The maximum absolute atomic E-state index is 13.5. The van der Waals surface area contributed by atoms with Crippen LogP contribution in [0.2, 0.25) is 0 Å². The van der Waals surface area contributed by atoms with Crippen molar-refractivity contribution in [3.63, 3.8) is 0 Å². The van der Waals surface area contributed by atoms with Crippen molar-refractivity contribution in [2.75, 3.05) is 0 Å². The number of carbonyl (C=O) groups is 1. The second-order valence-corrected chi connectivity index (χ2v) is 6.14. The van der Waals surface area contributed by atoms with Crippen molar-refractivity contribution in [2.45, 2.75) is 32.4 Å². The first-order valence-corrected chi connectivity index (χ1v) is 6.55. The third kappa shape index (κ3) is 2.29. The lowest BCUT2D eigenvalue weighted by Crippen LogP contribution is -2.61. The molecule has 1 aromatic rings. The van der Waals surface area contributed by atoms with Gasteiger partial charge in [-0.05, 0) is 24.6 Å². The van der Waals surface area contributed by atoms with E-state index in [1.807, 2.05) is 13.8 Å². The van der Waals surface area contributed by atoms with E-state index >= 15 is 0 Å². The summed E-state index contributed by atoms with van der Waals surface area (Å²) in [5.74, 6) is -0.993. The fourth-order valence-corrected chi connectivity index (χ4v) is 2.42. The summed E-state index contributed by atoms with van der Waals surface area (Å²) in [6.45, 7) is 3.76. The second-order valence-electron chi connectivity index (χ2n) is 5.22. The van der Waals surface area contributed by atoms with Crippen LogP contribution in [0.25, 0.3) is 0 Å². The molecule has 0 saturated heterocycles. The molecule has 2 atom stereocenters. The molecule has 5 heteroatoms. The largest absolute Gasteiger partial charge is 0.392 e. The first kappa shape index (κ1) is 13.5. The molecule has 2 N–H and O–H groups in total. The summed E-state index contributed by atoms with van der Waals surface area (Å²) in [6, 6.07) is 4.12. The highest BCUT2D eigenvalue weighted by Gasteiger charge is 2.48. The van der Waals surface area contributed by atoms with Crippen LogP contribution in [0.15, 0.2) is 22.7 Å². The van der Waals surface area contributed by atoms with E-state index in [4.69, 9.17) is 0 Å². The number of aliphatic hydroxyl groups is 1. The molecule has 0 bridgehead atoms. The smallest absolute Gasteiger partial charge is 0.254 e. The number of nitrogens with one attached hydrogen (secondary N) is 1. The fourth-order valence-electron chi connectivity index (χ4n) is 2.05. The van der Waals surface area contributed by atoms with Gasteiger partial charge in [0.05, 0.1) is 11.7 Å². The van der Waals surface area contributed by atoms with Crippen molar-refractivity contribution in [2.24, 2.45) is 5.41 Å². The molecule has 1 fully saturated rings. The SMILES string of the molecule is CC1(C)[C@H](O)C[C@@H]1NC(=O)c1cc(Br)ccc1F. The van der Waals surface area contributed by atoms with Gasteiger partial charge in [0.1, 0.15) is 5.82 Å². The van der Waals surface area contributed by atoms with Gasteiger partial charge in [0.2, 0.25) is 0 Å². The minimum Gasteiger partial charge on any atom is -0.392 e. The van der Waals surface area contributed by atoms with Gasteiger partial charge in [-0.15, -0.1) is 0 Å². The molecule has 0 aliphatic heterocycles. The van der Waals surface area contributed by atoms with Gasteiger partial charge in [0, 0.05) is 15.9 Å². The number of hydrogen-bond acceptors (Lipinski definition) is 2. The topological polar surface area (TPSA) is 49.3 Å². The third-order valence-electron chi connectivity index (χ3n) is 3.69. The zero-order valence-electron chi connectivity index (χ0n) is 10.2. The molecule has 0 aromatic heterocycles. The molecular formula is C13H15BrFNO2. The average Bonchev–Trinajstić information content (AvgIpc) is 2.31. The highest BCUT2D eigenvalue weighted by atomic mass is 79.9. The number of benzene rings is 1. The van der Waals surface area contributed by atoms with E-state index in [-0.39, 0.29) is 17.0 Å². The molecule has 0 spiro atoms. The summed E-state index contributed by atoms with van der Waals surface area (Å²) in [5.41, 5.74) is -0.348. The monoisotopic (exact) mass is 315 g/mol. The number of carbonyl (C=O) groups excluding carboxylic acids is 1. The van der Waals surface area contributed by atoms with Crippen LogP contribution in [-0.2, 0) is 0 Å². The number of aliphatic hydroxyl groups excluding tert-OH is 1. The Morgan fingerprint density at radius 3 is 2.78 bits per heavy atom. The highest BCUT2D eigenvalue weighted by Crippen LogP contribution is 2.40. The van der Waals surface area contributed by atoms with Crippen molar-refractivity contribution in [1.29, 1.82) is 0 Å². The summed E-state index contributed by atoms with van der Waals surface area (Å²) >= 11 is 3.21. The molecule has 2 rings (SSSR count). The minimum atomic E-state index is -0.548. The van der Waals surface area contributed by atoms with E-state index in [1.54, 1.807) is 6.07 Å². The number of rotatable bonds is 2. The van der Waals surface area contributed by atoms with Crippen LogP contribution >= 0.6 is 15.9 Å². The van der Waals surface area contributed by atoms with Gasteiger partial charge in [0.25, 0.3) is 5.91 Å². The van der Waals surface area contributed by atoms with E-state index < -0.39 is 17.8 Å². The maximum Gasteiger partial charge on any atom is 0.254 e. The molecular weight excluding hydrogens is 301 g/mol. The highest BCUT2D eigenvalue weighted by molar-refractivity contribution is 9.10. The molecule has 0 heterocycles. The summed E-state index contributed by atoms with van der Waals surface area (Å²) in [5, 5.41) is 12.4. The van der Waals surface area contributed by atoms with Gasteiger partial charge >= 0.3 is 0 Å². The van der Waals surface area contributed by atoms with Crippen molar-refractivity contribution >= 4 is 21.8 Å². The Bertz CT molecular complexity index is 490. The van der Waals surface area contributed by atoms with Crippen molar-refractivity contribution in [1.82, 2.24) is 5.32 Å². The van der Waals surface area contributed by atoms with Crippen LogP contribution < -0.4 is 5.32 Å². The summed E-state index contributed by atoms with van der Waals surface area (Å²) in [6.07, 6.45) is 0.0871. The lowest BCUT2D eigenvalue weighted by atomic mass is 9.64. The Labute approximate surface area is 114 Å². The molecule has 1 aromatic carbocycles. The molecule has 3 nitrogen and oxygen atoms in total. The zero-order chi connectivity index (χ0) is 13.5. The standard InChI is InChI=1S/C13H15BrFNO2/c1-13(2)10(6-11(13)17)16-12(18)8-5-7(14)3-4-9(8)15/h3-5,10-11,17H,6H2,1-2H3,(H,16,18)/t10-,11+/m0/s1. The predicted octanol–water partition coefficient (Wildman–Crippen LogP) is 2.48. The van der Waals surface area contributed by atoms with Gasteiger partial charge in [-0.1, -0.05) is 29.8 Å². The average molecular weight is 316 g/mol. The molecule has 0 unspecified atom stereocenters. The molecule has 0 radical (unpaired) electrons. The first-order valence-electron chi connectivity index (χ1n) is 5.76. The molecule has 1 saturated carbocycles. The Balaban J connectivity index is 2.12. The van der Waals surface area contributed by atoms with Crippen LogP contribution in [0.1, 0.15) is 30.6 Å². The van der Waals surface area contributed by atoms with E-state index in [2.05, 4.69) is 21.2 Å². The van der Waals surface area contributed by atoms with E-state index in [9.17, 15) is 14.3 Å². The van der Waals surface area contributed by atoms with Crippen LogP contribution in [0.4, 0.5) is 4.39 Å². The van der Waals surface area contributed by atoms with Gasteiger partial charge in [-0.3, -0.25) is 4.79 Å². The number of halogens is 2. The zero-order valence-corrected chi connectivity index (χ0v) is 11.8. The Morgan fingerprint density at radius 2 is 2.22 bits per heavy atom. The summed E-state index contributed by atoms with van der Waals surface area (Å²) in [4.78, 5) is 12.0. The third-order valence-corrected chi connectivity index (χ3v) is 4.19. The molecule has 1 aliphatic rings. The lowest BCUT2D eigenvalue weighted by Gasteiger charge is -2.49. The van der Waals surface area contributed by atoms with Crippen LogP contribution in [0, 0.1) is 11.2 Å². The van der Waals surface area contributed by atoms with E-state index in [1.165, 1.54) is 12.1 Å². The Hall–Kier alpha value is -0.940. The van der Waals surface area contributed by atoms with E-state index in [0.29, 0.717) is 10.9 Å².